The lowest BCUT2D eigenvalue weighted by molar-refractivity contribution is 0.000549. The summed E-state index contributed by atoms with van der Waals surface area (Å²) in [5.74, 6) is 0. The Morgan fingerprint density at radius 3 is 3.07 bits per heavy atom. The van der Waals surface area contributed by atoms with E-state index in [2.05, 4.69) is 15.3 Å². The van der Waals surface area contributed by atoms with E-state index >= 15 is 0 Å². The van der Waals surface area contributed by atoms with Crippen LogP contribution in [0, 0.1) is 5.53 Å². The van der Waals surface area contributed by atoms with Crippen molar-refractivity contribution in [2.45, 2.75) is 31.5 Å². The highest BCUT2D eigenvalue weighted by Crippen LogP contribution is 2.16. The zero-order valence-corrected chi connectivity index (χ0v) is 7.80. The Hall–Kier alpha value is -1.46. The minimum absolute atomic E-state index is 0.00373. The third kappa shape index (κ3) is 2.79. The monoisotopic (exact) mass is 201 g/mol. The van der Waals surface area contributed by atoms with Gasteiger partial charge in [-0.25, -0.2) is 4.79 Å². The Bertz CT molecular complexity index is 264. The average molecular weight is 201 g/mol. The molecule has 0 aliphatic carbocycles. The first kappa shape index (κ1) is 10.6. The molecule has 0 aromatic rings. The molecule has 1 rings (SSSR count). The number of nitrogens with one attached hydrogen (secondary N) is 2. The fraction of sp³-hybridized carbons (Fsp3) is 0.857. The van der Waals surface area contributed by atoms with Crippen molar-refractivity contribution < 1.29 is 14.6 Å². The molecule has 7 nitrogen and oxygen atoms in total. The maximum absolute atomic E-state index is 10.5. The summed E-state index contributed by atoms with van der Waals surface area (Å²) in [6, 6.07) is -0.704. The maximum Gasteiger partial charge on any atom is 0.404 e. The van der Waals surface area contributed by atoms with Gasteiger partial charge in [0.15, 0.2) is 6.04 Å². The van der Waals surface area contributed by atoms with E-state index in [0.717, 1.165) is 0 Å². The third-order valence-corrected chi connectivity index (χ3v) is 2.12. The highest BCUT2D eigenvalue weighted by Gasteiger charge is 2.33. The normalized spacial score (nSPS) is 31.6. The predicted molar refractivity (Wildman–Crippen MR) is 46.0 cm³/mol. The van der Waals surface area contributed by atoms with Crippen LogP contribution in [0.4, 0.5) is 4.79 Å². The number of carbonyl (C=O) groups is 1. The quantitative estimate of drug-likeness (QED) is 0.443. The number of amides is 1. The van der Waals surface area contributed by atoms with E-state index < -0.39 is 6.09 Å². The van der Waals surface area contributed by atoms with Crippen LogP contribution in [-0.4, -0.2) is 36.0 Å². The number of carboxylic acid groups (broad SMARTS) is 1. The minimum Gasteiger partial charge on any atom is -0.465 e. The van der Waals surface area contributed by atoms with Crippen molar-refractivity contribution in [2.24, 2.45) is 5.11 Å². The topological polar surface area (TPSA) is 109 Å². The van der Waals surface area contributed by atoms with Crippen LogP contribution in [0.3, 0.4) is 0 Å². The summed E-state index contributed by atoms with van der Waals surface area (Å²) >= 11 is 0. The molecule has 0 bridgehead atoms. The lowest BCUT2D eigenvalue weighted by Crippen LogP contribution is -2.49. The van der Waals surface area contributed by atoms with Gasteiger partial charge in [-0.2, -0.15) is 0 Å². The van der Waals surface area contributed by atoms with Crippen LogP contribution < -0.4 is 10.2 Å². The van der Waals surface area contributed by atoms with Gasteiger partial charge in [0, 0.05) is 0 Å². The molecule has 1 saturated heterocycles. The Labute approximate surface area is 80.7 Å². The van der Waals surface area contributed by atoms with Gasteiger partial charge >= 0.3 is 6.09 Å². The largest absolute Gasteiger partial charge is 0.465 e. The zero-order chi connectivity index (χ0) is 10.6. The molecule has 1 heterocycles. The second-order valence-electron chi connectivity index (χ2n) is 3.22. The molecule has 0 radical (unpaired) electrons. The molecule has 1 aliphatic rings. The van der Waals surface area contributed by atoms with Crippen molar-refractivity contribution in [3.63, 3.8) is 0 Å². The molecule has 7 heteroatoms. The molecular weight excluding hydrogens is 188 g/mol. The summed E-state index contributed by atoms with van der Waals surface area (Å²) in [4.78, 5) is 13.4. The highest BCUT2D eigenvalue weighted by molar-refractivity contribution is 5.65. The van der Waals surface area contributed by atoms with Crippen molar-refractivity contribution in [3.8, 4) is 0 Å². The van der Waals surface area contributed by atoms with Crippen LogP contribution >= 0.6 is 0 Å². The van der Waals surface area contributed by atoms with Crippen molar-refractivity contribution in [2.75, 3.05) is 6.61 Å². The summed E-state index contributed by atoms with van der Waals surface area (Å²) in [5, 5.41) is 14.5. The number of nitrogens with zero attached hydrogens (tertiary/aromatic N) is 2. The van der Waals surface area contributed by atoms with Gasteiger partial charge < -0.3 is 15.2 Å². The Morgan fingerprint density at radius 2 is 2.50 bits per heavy atom. The first-order valence-electron chi connectivity index (χ1n) is 4.31. The number of hydrogen-bond acceptors (Lipinski definition) is 4. The standard InChI is InChI=1S/C7H12N4O3/c1-4-2-5(9-7(12)13)6(3-14-4)10-11-8/h4-6,8-9H,2-3H2,1H3/p+1/t4?,5-,6+/m0/s1. The molecule has 0 spiro atoms. The van der Waals surface area contributed by atoms with Crippen molar-refractivity contribution >= 4 is 6.09 Å². The van der Waals surface area contributed by atoms with Crippen molar-refractivity contribution in [1.29, 1.82) is 5.53 Å². The maximum atomic E-state index is 10.5. The zero-order valence-electron chi connectivity index (χ0n) is 7.80. The van der Waals surface area contributed by atoms with E-state index in [-0.39, 0.29) is 18.2 Å². The molecular formula is C7H13N4O3+. The van der Waals surface area contributed by atoms with Gasteiger partial charge in [0.2, 0.25) is 4.91 Å². The molecule has 1 aliphatic heterocycles. The molecule has 0 aromatic heterocycles. The van der Waals surface area contributed by atoms with Crippen LogP contribution in [-0.2, 0) is 4.74 Å². The van der Waals surface area contributed by atoms with Crippen molar-refractivity contribution in [3.05, 3.63) is 0 Å². The second kappa shape index (κ2) is 4.69. The smallest absolute Gasteiger partial charge is 0.404 e. The van der Waals surface area contributed by atoms with Gasteiger partial charge in [-0.15, -0.1) is 0 Å². The summed E-state index contributed by atoms with van der Waals surface area (Å²) in [6.45, 7) is 2.17. The Morgan fingerprint density at radius 1 is 1.79 bits per heavy atom. The fourth-order valence-corrected chi connectivity index (χ4v) is 1.46. The molecule has 0 saturated carbocycles. The lowest BCUT2D eigenvalue weighted by atomic mass is 10.0. The summed E-state index contributed by atoms with van der Waals surface area (Å²) in [5.41, 5.74) is 6.59. The molecule has 78 valence electrons. The van der Waals surface area contributed by atoms with Crippen LogP contribution in [0.15, 0.2) is 5.11 Å². The average Bonchev–Trinajstić information content (AvgIpc) is 2.09. The SMILES string of the molecule is CC1C[C@H](NC(=O)O)[C@H](N=[N+]=N)CO1. The Kier molecular flexibility index (Phi) is 3.55. The lowest BCUT2D eigenvalue weighted by Gasteiger charge is -2.29. The second-order valence-corrected chi connectivity index (χ2v) is 3.22. The van der Waals surface area contributed by atoms with Gasteiger partial charge in [0.25, 0.3) is 0 Å². The number of rotatable bonds is 2. The number of ether oxygens (including phenoxy) is 1. The fourth-order valence-electron chi connectivity index (χ4n) is 1.46. The molecule has 1 fully saturated rings. The van der Waals surface area contributed by atoms with Crippen LogP contribution in [0.2, 0.25) is 0 Å². The van der Waals surface area contributed by atoms with Gasteiger partial charge in [0.05, 0.1) is 18.8 Å². The van der Waals surface area contributed by atoms with Crippen molar-refractivity contribution in [1.82, 2.24) is 10.2 Å². The summed E-state index contributed by atoms with van der Waals surface area (Å²) in [7, 11) is 0. The molecule has 3 N–H and O–H groups in total. The van der Waals surface area contributed by atoms with Crippen LogP contribution in [0.1, 0.15) is 13.3 Å². The summed E-state index contributed by atoms with van der Waals surface area (Å²) < 4.78 is 5.28. The molecule has 14 heavy (non-hydrogen) atoms. The van der Waals surface area contributed by atoms with E-state index in [4.69, 9.17) is 15.4 Å². The first-order chi connectivity index (χ1) is 6.63. The predicted octanol–water partition coefficient (Wildman–Crippen LogP) is 0.350. The minimum atomic E-state index is -1.09. The van der Waals surface area contributed by atoms with E-state index in [1.807, 2.05) is 6.92 Å². The molecule has 1 amide bonds. The van der Waals surface area contributed by atoms with E-state index in [1.165, 1.54) is 0 Å². The first-order valence-corrected chi connectivity index (χ1v) is 4.31. The van der Waals surface area contributed by atoms with E-state index in [9.17, 15) is 4.79 Å². The van der Waals surface area contributed by atoms with E-state index in [1.54, 1.807) is 0 Å². The van der Waals surface area contributed by atoms with Crippen LogP contribution in [0.25, 0.3) is 0 Å². The van der Waals surface area contributed by atoms with Gasteiger partial charge in [-0.3, -0.25) is 0 Å². The molecule has 3 atom stereocenters. The third-order valence-electron chi connectivity index (χ3n) is 2.12. The van der Waals surface area contributed by atoms with E-state index in [0.29, 0.717) is 13.0 Å². The van der Waals surface area contributed by atoms with Gasteiger partial charge in [-0.1, -0.05) is 0 Å². The molecule has 1 unspecified atom stereocenters. The highest BCUT2D eigenvalue weighted by atomic mass is 16.5. The molecule has 0 aromatic carbocycles. The van der Waals surface area contributed by atoms with Gasteiger partial charge in [-0.05, 0) is 13.3 Å². The van der Waals surface area contributed by atoms with Crippen LogP contribution in [0.5, 0.6) is 0 Å². The number of hydrogen-bond donors (Lipinski definition) is 3. The summed E-state index contributed by atoms with van der Waals surface area (Å²) in [6.07, 6.45) is -0.533. The Balaban J connectivity index is 2.62. The van der Waals surface area contributed by atoms with Gasteiger partial charge in [0.1, 0.15) is 10.6 Å².